The summed E-state index contributed by atoms with van der Waals surface area (Å²) in [4.78, 5) is 0. The molecule has 5 heteroatoms. The summed E-state index contributed by atoms with van der Waals surface area (Å²) in [5.74, 6) is 0. The minimum Gasteiger partial charge on any atom is -0.310 e. The Balaban J connectivity index is 1.76. The van der Waals surface area contributed by atoms with Gasteiger partial charge in [-0.25, -0.2) is 0 Å². The van der Waals surface area contributed by atoms with E-state index in [2.05, 4.69) is 39.5 Å². The molecule has 96 valence electrons. The predicted octanol–water partition coefficient (Wildman–Crippen LogP) is 2.91. The van der Waals surface area contributed by atoms with Gasteiger partial charge < -0.3 is 5.32 Å². The number of halogens is 1. The fourth-order valence-corrected chi connectivity index (χ4v) is 3.60. The van der Waals surface area contributed by atoms with Gasteiger partial charge in [0.25, 0.3) is 0 Å². The van der Waals surface area contributed by atoms with Crippen molar-refractivity contribution in [2.45, 2.75) is 50.1 Å². The topological polar surface area (TPSA) is 29.9 Å². The van der Waals surface area contributed by atoms with Gasteiger partial charge in [0.05, 0.1) is 17.2 Å². The van der Waals surface area contributed by atoms with Crippen LogP contribution in [-0.2, 0) is 6.54 Å². The molecule has 1 N–H and O–H groups in total. The van der Waals surface area contributed by atoms with Gasteiger partial charge in [0.2, 0.25) is 0 Å². The molecule has 0 amide bonds. The zero-order valence-corrected chi connectivity index (χ0v) is 12.8. The molecule has 0 radical (unpaired) electrons. The number of rotatable bonds is 5. The molecule has 0 aliphatic heterocycles. The summed E-state index contributed by atoms with van der Waals surface area (Å²) >= 11 is 5.43. The van der Waals surface area contributed by atoms with E-state index >= 15 is 0 Å². The predicted molar refractivity (Wildman–Crippen MR) is 77.5 cm³/mol. The van der Waals surface area contributed by atoms with Crippen LogP contribution in [0.15, 0.2) is 16.9 Å². The highest BCUT2D eigenvalue weighted by molar-refractivity contribution is 9.10. The van der Waals surface area contributed by atoms with Crippen LogP contribution in [0.1, 0.15) is 26.2 Å². The number of hydrogen-bond donors (Lipinski definition) is 1. The summed E-state index contributed by atoms with van der Waals surface area (Å²) in [7, 11) is 0. The largest absolute Gasteiger partial charge is 0.310 e. The summed E-state index contributed by atoms with van der Waals surface area (Å²) in [5, 5.41) is 8.86. The zero-order chi connectivity index (χ0) is 12.3. The lowest BCUT2D eigenvalue weighted by atomic mass is 10.2. The van der Waals surface area contributed by atoms with E-state index in [9.17, 15) is 0 Å². The van der Waals surface area contributed by atoms with Crippen molar-refractivity contribution in [2.75, 3.05) is 6.26 Å². The summed E-state index contributed by atoms with van der Waals surface area (Å²) in [6.45, 7) is 3.17. The molecule has 2 rings (SSSR count). The van der Waals surface area contributed by atoms with Gasteiger partial charge in [-0.05, 0) is 48.4 Å². The Kier molecular flexibility index (Phi) is 4.94. The van der Waals surface area contributed by atoms with Gasteiger partial charge in [0.1, 0.15) is 0 Å². The van der Waals surface area contributed by atoms with Crippen LogP contribution in [0.25, 0.3) is 0 Å². The van der Waals surface area contributed by atoms with E-state index in [1.807, 2.05) is 28.8 Å². The Morgan fingerprint density at radius 3 is 3.06 bits per heavy atom. The molecule has 3 nitrogen and oxygen atoms in total. The number of nitrogens with zero attached hydrogens (tertiary/aromatic N) is 2. The Morgan fingerprint density at radius 2 is 2.47 bits per heavy atom. The Hall–Kier alpha value is -0.0000000000000000555. The summed E-state index contributed by atoms with van der Waals surface area (Å²) in [6, 6.07) is 1.17. The van der Waals surface area contributed by atoms with Gasteiger partial charge in [-0.2, -0.15) is 16.9 Å². The number of hydrogen-bond acceptors (Lipinski definition) is 3. The Morgan fingerprint density at radius 1 is 1.65 bits per heavy atom. The first-order valence-electron chi connectivity index (χ1n) is 6.14. The highest BCUT2D eigenvalue weighted by Gasteiger charge is 2.24. The third-order valence-electron chi connectivity index (χ3n) is 3.30. The van der Waals surface area contributed by atoms with Crippen molar-refractivity contribution in [3.05, 3.63) is 16.9 Å². The molecule has 1 aliphatic rings. The van der Waals surface area contributed by atoms with Crippen LogP contribution in [-0.4, -0.2) is 33.4 Å². The standard InChI is InChI=1S/C12H20BrN3S/c1-9(7-16-8-10(13)6-14-16)15-11-3-4-12(5-11)17-2/h6,8-9,11-12,15H,3-5,7H2,1-2H3. The average molecular weight is 318 g/mol. The first kappa shape index (κ1) is 13.4. The van der Waals surface area contributed by atoms with Crippen LogP contribution in [0.5, 0.6) is 0 Å². The van der Waals surface area contributed by atoms with E-state index in [-0.39, 0.29) is 0 Å². The molecule has 1 aromatic rings. The van der Waals surface area contributed by atoms with Gasteiger partial charge in [-0.1, -0.05) is 0 Å². The molecule has 0 saturated heterocycles. The molecule has 0 bridgehead atoms. The third-order valence-corrected chi connectivity index (χ3v) is 4.81. The molecule has 3 atom stereocenters. The molecule has 1 aromatic heterocycles. The lowest BCUT2D eigenvalue weighted by Gasteiger charge is -2.19. The molecule has 1 fully saturated rings. The third kappa shape index (κ3) is 4.00. The van der Waals surface area contributed by atoms with Crippen LogP contribution in [0, 0.1) is 0 Å². The van der Waals surface area contributed by atoms with Crippen molar-refractivity contribution < 1.29 is 0 Å². The van der Waals surface area contributed by atoms with E-state index in [1.54, 1.807) is 0 Å². The monoisotopic (exact) mass is 317 g/mol. The summed E-state index contributed by atoms with van der Waals surface area (Å²) < 4.78 is 3.04. The molecule has 3 unspecified atom stereocenters. The zero-order valence-electron chi connectivity index (χ0n) is 10.4. The van der Waals surface area contributed by atoms with Crippen molar-refractivity contribution in [3.63, 3.8) is 0 Å². The van der Waals surface area contributed by atoms with Gasteiger partial charge in [-0.15, -0.1) is 0 Å². The maximum absolute atomic E-state index is 4.29. The minimum absolute atomic E-state index is 0.479. The lowest BCUT2D eigenvalue weighted by molar-refractivity contribution is 0.397. The molecule has 0 aromatic carbocycles. The maximum Gasteiger partial charge on any atom is 0.0632 e. The maximum atomic E-state index is 4.29. The first-order valence-corrected chi connectivity index (χ1v) is 8.22. The van der Waals surface area contributed by atoms with E-state index < -0.39 is 0 Å². The molecule has 1 saturated carbocycles. The van der Waals surface area contributed by atoms with Crippen LogP contribution in [0.2, 0.25) is 0 Å². The van der Waals surface area contributed by atoms with Crippen LogP contribution in [0.3, 0.4) is 0 Å². The van der Waals surface area contributed by atoms with Gasteiger partial charge in [0, 0.05) is 23.5 Å². The van der Waals surface area contributed by atoms with Crippen LogP contribution >= 0.6 is 27.7 Å². The Bertz CT molecular complexity index is 355. The van der Waals surface area contributed by atoms with Crippen molar-refractivity contribution in [2.24, 2.45) is 0 Å². The quantitative estimate of drug-likeness (QED) is 0.905. The first-order chi connectivity index (χ1) is 8.17. The second kappa shape index (κ2) is 6.25. The average Bonchev–Trinajstić information content (AvgIpc) is 2.88. The lowest BCUT2D eigenvalue weighted by Crippen LogP contribution is -2.37. The molecule has 17 heavy (non-hydrogen) atoms. The fraction of sp³-hybridized carbons (Fsp3) is 0.750. The number of thioether (sulfide) groups is 1. The number of nitrogens with one attached hydrogen (secondary N) is 1. The van der Waals surface area contributed by atoms with Crippen molar-refractivity contribution in [1.82, 2.24) is 15.1 Å². The van der Waals surface area contributed by atoms with E-state index in [0.29, 0.717) is 12.1 Å². The van der Waals surface area contributed by atoms with E-state index in [1.165, 1.54) is 19.3 Å². The normalized spacial score (nSPS) is 26.3. The SMILES string of the molecule is CSC1CCC(NC(C)Cn2cc(Br)cn2)C1. The van der Waals surface area contributed by atoms with Crippen molar-refractivity contribution >= 4 is 27.7 Å². The fourth-order valence-electron chi connectivity index (χ4n) is 2.48. The Labute approximate surface area is 116 Å². The van der Waals surface area contributed by atoms with Crippen LogP contribution in [0.4, 0.5) is 0 Å². The molecule has 0 spiro atoms. The number of aromatic nitrogens is 2. The molecular formula is C12H20BrN3S. The molecule has 1 heterocycles. The van der Waals surface area contributed by atoms with Crippen LogP contribution < -0.4 is 5.32 Å². The smallest absolute Gasteiger partial charge is 0.0632 e. The van der Waals surface area contributed by atoms with Crippen molar-refractivity contribution in [1.29, 1.82) is 0 Å². The second-order valence-corrected chi connectivity index (χ2v) is 6.87. The highest BCUT2D eigenvalue weighted by Crippen LogP contribution is 2.28. The van der Waals surface area contributed by atoms with Gasteiger partial charge in [-0.3, -0.25) is 4.68 Å². The molecular weight excluding hydrogens is 298 g/mol. The van der Waals surface area contributed by atoms with E-state index in [0.717, 1.165) is 16.3 Å². The van der Waals surface area contributed by atoms with E-state index in [4.69, 9.17) is 0 Å². The summed E-state index contributed by atoms with van der Waals surface area (Å²) in [5.41, 5.74) is 0. The van der Waals surface area contributed by atoms with Crippen molar-refractivity contribution in [3.8, 4) is 0 Å². The summed E-state index contributed by atoms with van der Waals surface area (Å²) in [6.07, 6.45) is 10.1. The second-order valence-electron chi connectivity index (χ2n) is 4.82. The van der Waals surface area contributed by atoms with Gasteiger partial charge >= 0.3 is 0 Å². The highest BCUT2D eigenvalue weighted by atomic mass is 79.9. The minimum atomic E-state index is 0.479. The van der Waals surface area contributed by atoms with Gasteiger partial charge in [0.15, 0.2) is 0 Å². The molecule has 1 aliphatic carbocycles.